The van der Waals surface area contributed by atoms with Crippen LogP contribution in [0.2, 0.25) is 0 Å². The normalized spacial score (nSPS) is 13.2. The Kier molecular flexibility index (Phi) is 5.78. The Bertz CT molecular complexity index is 306. The number of rotatable bonds is 7. The fourth-order valence-electron chi connectivity index (χ4n) is 0.812. The standard InChI is InChI=1S/C8H13F2O5P/c1-3-14-16(13,15-4-2)8(9,10)6-5-7(11)12/h5-6H,3-4H2,1-2H3,(H,11,12). The molecule has 0 fully saturated rings. The molecule has 0 aromatic rings. The highest BCUT2D eigenvalue weighted by Crippen LogP contribution is 2.62. The van der Waals surface area contributed by atoms with E-state index in [0.29, 0.717) is 0 Å². The van der Waals surface area contributed by atoms with Crippen molar-refractivity contribution in [3.8, 4) is 0 Å². The Balaban J connectivity index is 5.03. The average molecular weight is 258 g/mol. The van der Waals surface area contributed by atoms with E-state index in [0.717, 1.165) is 0 Å². The lowest BCUT2D eigenvalue weighted by Gasteiger charge is -2.22. The fourth-order valence-corrected chi connectivity index (χ4v) is 2.17. The lowest BCUT2D eigenvalue weighted by molar-refractivity contribution is -0.131. The van der Waals surface area contributed by atoms with Crippen LogP contribution in [-0.4, -0.2) is 30.0 Å². The van der Waals surface area contributed by atoms with Gasteiger partial charge in [0.05, 0.1) is 13.2 Å². The minimum atomic E-state index is -4.66. The van der Waals surface area contributed by atoms with Gasteiger partial charge in [-0.05, 0) is 13.8 Å². The van der Waals surface area contributed by atoms with Crippen molar-refractivity contribution < 1.29 is 32.3 Å². The molecule has 0 saturated carbocycles. The van der Waals surface area contributed by atoms with Gasteiger partial charge in [-0.25, -0.2) is 4.79 Å². The number of halogens is 2. The smallest absolute Gasteiger partial charge is 0.403 e. The zero-order chi connectivity index (χ0) is 12.8. The summed E-state index contributed by atoms with van der Waals surface area (Å²) < 4.78 is 47.1. The van der Waals surface area contributed by atoms with Crippen molar-refractivity contribution in [2.45, 2.75) is 19.5 Å². The summed E-state index contributed by atoms with van der Waals surface area (Å²) >= 11 is 0. The van der Waals surface area contributed by atoms with Crippen LogP contribution in [0.25, 0.3) is 0 Å². The minimum absolute atomic E-state index is 0.00142. The van der Waals surface area contributed by atoms with Crippen molar-refractivity contribution in [1.82, 2.24) is 0 Å². The van der Waals surface area contributed by atoms with Crippen LogP contribution in [0.4, 0.5) is 8.78 Å². The monoisotopic (exact) mass is 258 g/mol. The number of carboxylic acid groups (broad SMARTS) is 1. The highest BCUT2D eigenvalue weighted by atomic mass is 31.2. The number of carbonyl (C=O) groups is 1. The van der Waals surface area contributed by atoms with E-state index >= 15 is 0 Å². The molecular formula is C8H13F2O5P. The third-order valence-electron chi connectivity index (χ3n) is 1.39. The molecule has 0 radical (unpaired) electrons. The number of hydrogen-bond donors (Lipinski definition) is 1. The molecule has 0 aliphatic rings. The highest BCUT2D eigenvalue weighted by Gasteiger charge is 2.51. The van der Waals surface area contributed by atoms with Gasteiger partial charge in [-0.1, -0.05) is 0 Å². The molecule has 0 aromatic carbocycles. The molecule has 94 valence electrons. The van der Waals surface area contributed by atoms with E-state index in [4.69, 9.17) is 5.11 Å². The third-order valence-corrected chi connectivity index (χ3v) is 3.47. The zero-order valence-corrected chi connectivity index (χ0v) is 9.75. The Morgan fingerprint density at radius 2 is 1.81 bits per heavy atom. The summed E-state index contributed by atoms with van der Waals surface area (Å²) in [5.74, 6) is -1.57. The molecule has 0 amide bonds. The number of allylic oxidation sites excluding steroid dienone is 1. The first-order valence-corrected chi connectivity index (χ1v) is 6.02. The van der Waals surface area contributed by atoms with E-state index in [9.17, 15) is 18.1 Å². The van der Waals surface area contributed by atoms with Gasteiger partial charge in [-0.3, -0.25) is 4.57 Å². The summed E-state index contributed by atoms with van der Waals surface area (Å²) in [6.45, 7) is 2.30. The summed E-state index contributed by atoms with van der Waals surface area (Å²) in [5, 5.41) is 8.21. The molecule has 0 aliphatic heterocycles. The van der Waals surface area contributed by atoms with Gasteiger partial charge in [0.25, 0.3) is 0 Å². The van der Waals surface area contributed by atoms with Crippen molar-refractivity contribution in [3.05, 3.63) is 12.2 Å². The first-order chi connectivity index (χ1) is 7.29. The second-order valence-corrected chi connectivity index (χ2v) is 4.70. The van der Waals surface area contributed by atoms with Gasteiger partial charge >= 0.3 is 19.2 Å². The molecule has 0 rings (SSSR count). The maximum absolute atomic E-state index is 13.3. The van der Waals surface area contributed by atoms with Gasteiger partial charge < -0.3 is 14.2 Å². The van der Waals surface area contributed by atoms with Crippen LogP contribution in [0.15, 0.2) is 12.2 Å². The molecule has 16 heavy (non-hydrogen) atoms. The van der Waals surface area contributed by atoms with Crippen molar-refractivity contribution in [2.75, 3.05) is 13.2 Å². The third kappa shape index (κ3) is 4.00. The number of hydrogen-bond acceptors (Lipinski definition) is 4. The van der Waals surface area contributed by atoms with Crippen molar-refractivity contribution in [3.63, 3.8) is 0 Å². The number of alkyl halides is 2. The second-order valence-electron chi connectivity index (χ2n) is 2.59. The Labute approximate surface area is 91.6 Å². The first-order valence-electron chi connectivity index (χ1n) is 4.48. The summed E-state index contributed by atoms with van der Waals surface area (Å²) in [7, 11) is -4.66. The number of aliphatic carboxylic acids is 1. The molecule has 0 bridgehead atoms. The van der Waals surface area contributed by atoms with E-state index in [-0.39, 0.29) is 25.4 Å². The average Bonchev–Trinajstić information content (AvgIpc) is 2.15. The molecule has 1 N–H and O–H groups in total. The van der Waals surface area contributed by atoms with Gasteiger partial charge in [-0.15, -0.1) is 0 Å². The molecular weight excluding hydrogens is 245 g/mol. The highest BCUT2D eigenvalue weighted by molar-refractivity contribution is 7.55. The second kappa shape index (κ2) is 6.08. The van der Waals surface area contributed by atoms with E-state index in [1.165, 1.54) is 13.8 Å². The SMILES string of the molecule is CCOP(=O)(OCC)C(F)(F)C=CC(=O)O. The summed E-state index contributed by atoms with van der Waals surface area (Å²) in [4.78, 5) is 10.1. The van der Waals surface area contributed by atoms with E-state index in [2.05, 4.69) is 9.05 Å². The lowest BCUT2D eigenvalue weighted by atomic mass is 10.5. The van der Waals surface area contributed by atoms with Crippen molar-refractivity contribution >= 4 is 13.6 Å². The molecule has 0 heterocycles. The van der Waals surface area contributed by atoms with Gasteiger partial charge in [-0.2, -0.15) is 8.78 Å². The lowest BCUT2D eigenvalue weighted by Crippen LogP contribution is -2.18. The molecule has 0 spiro atoms. The molecule has 0 aliphatic carbocycles. The fraction of sp³-hybridized carbons (Fsp3) is 0.625. The molecule has 0 aromatic heterocycles. The van der Waals surface area contributed by atoms with Gasteiger partial charge in [0, 0.05) is 12.2 Å². The predicted octanol–water partition coefficient (Wildman–Crippen LogP) is 2.49. The molecule has 5 nitrogen and oxygen atoms in total. The molecule has 0 atom stereocenters. The Hall–Kier alpha value is -0.780. The summed E-state index contributed by atoms with van der Waals surface area (Å²) in [6.07, 6.45) is 0.201. The number of carboxylic acids is 1. The van der Waals surface area contributed by atoms with Crippen LogP contribution in [0, 0.1) is 0 Å². The van der Waals surface area contributed by atoms with Crippen LogP contribution >= 0.6 is 7.60 Å². The molecule has 8 heteroatoms. The van der Waals surface area contributed by atoms with Gasteiger partial charge in [0.1, 0.15) is 0 Å². The Morgan fingerprint density at radius 3 is 2.12 bits per heavy atom. The largest absolute Gasteiger partial charge is 0.478 e. The first kappa shape index (κ1) is 15.2. The maximum atomic E-state index is 13.3. The summed E-state index contributed by atoms with van der Waals surface area (Å²) in [6, 6.07) is 0. The van der Waals surface area contributed by atoms with Crippen LogP contribution in [0.5, 0.6) is 0 Å². The van der Waals surface area contributed by atoms with E-state index < -0.39 is 19.2 Å². The predicted molar refractivity (Wildman–Crippen MR) is 52.6 cm³/mol. The Morgan fingerprint density at radius 1 is 1.38 bits per heavy atom. The minimum Gasteiger partial charge on any atom is -0.478 e. The quantitative estimate of drug-likeness (QED) is 0.561. The molecule has 0 saturated heterocycles. The maximum Gasteiger partial charge on any atom is 0.403 e. The topological polar surface area (TPSA) is 72.8 Å². The van der Waals surface area contributed by atoms with Crippen LogP contribution < -0.4 is 0 Å². The molecule has 0 unspecified atom stereocenters. The zero-order valence-electron chi connectivity index (χ0n) is 8.85. The summed E-state index contributed by atoms with van der Waals surface area (Å²) in [5.41, 5.74) is -3.96. The van der Waals surface area contributed by atoms with Crippen LogP contribution in [0.3, 0.4) is 0 Å². The van der Waals surface area contributed by atoms with E-state index in [1.54, 1.807) is 0 Å². The van der Waals surface area contributed by atoms with Crippen LogP contribution in [-0.2, 0) is 18.4 Å². The van der Waals surface area contributed by atoms with Crippen molar-refractivity contribution in [2.24, 2.45) is 0 Å². The van der Waals surface area contributed by atoms with Gasteiger partial charge in [0.15, 0.2) is 0 Å². The van der Waals surface area contributed by atoms with Crippen molar-refractivity contribution in [1.29, 1.82) is 0 Å². The van der Waals surface area contributed by atoms with Crippen LogP contribution in [0.1, 0.15) is 13.8 Å². The van der Waals surface area contributed by atoms with E-state index in [1.807, 2.05) is 0 Å². The van der Waals surface area contributed by atoms with Gasteiger partial charge in [0.2, 0.25) is 0 Å².